The number of benzene rings is 2. The first kappa shape index (κ1) is 18.8. The van der Waals surface area contributed by atoms with Gasteiger partial charge in [0.15, 0.2) is 0 Å². The molecule has 0 aliphatic carbocycles. The summed E-state index contributed by atoms with van der Waals surface area (Å²) in [7, 11) is 3.08. The van der Waals surface area contributed by atoms with Crippen molar-refractivity contribution in [3.63, 3.8) is 0 Å². The summed E-state index contributed by atoms with van der Waals surface area (Å²) in [6.45, 7) is 0.515. The fourth-order valence-electron chi connectivity index (χ4n) is 2.71. The van der Waals surface area contributed by atoms with Crippen LogP contribution in [0.4, 0.5) is 10.5 Å². The van der Waals surface area contributed by atoms with Crippen molar-refractivity contribution in [2.75, 3.05) is 32.2 Å². The molecular weight excluding hydrogens is 372 g/mol. The highest BCUT2D eigenvalue weighted by Crippen LogP contribution is 2.31. The highest BCUT2D eigenvalue weighted by Gasteiger charge is 2.32. The Balaban J connectivity index is 1.58. The number of nitrogens with zero attached hydrogens (tertiary/aromatic N) is 1. The summed E-state index contributed by atoms with van der Waals surface area (Å²) in [4.78, 5) is 25.8. The quantitative estimate of drug-likeness (QED) is 0.820. The van der Waals surface area contributed by atoms with Gasteiger partial charge in [-0.15, -0.1) is 0 Å². The maximum Gasteiger partial charge on any atom is 0.414 e. The Labute approximate surface area is 161 Å². The number of amides is 2. The molecule has 1 fully saturated rings. The summed E-state index contributed by atoms with van der Waals surface area (Å²) < 4.78 is 15.5. The van der Waals surface area contributed by atoms with Crippen LogP contribution < -0.4 is 19.7 Å². The van der Waals surface area contributed by atoms with E-state index in [1.54, 1.807) is 49.6 Å². The lowest BCUT2D eigenvalue weighted by atomic mass is 10.2. The first-order valence-electron chi connectivity index (χ1n) is 8.25. The van der Waals surface area contributed by atoms with Gasteiger partial charge in [-0.1, -0.05) is 11.6 Å². The van der Waals surface area contributed by atoms with Crippen LogP contribution in [0.2, 0.25) is 5.02 Å². The Kier molecular flexibility index (Phi) is 5.71. The Morgan fingerprint density at radius 1 is 1.22 bits per heavy atom. The number of hydrogen-bond donors (Lipinski definition) is 1. The smallest absolute Gasteiger partial charge is 0.414 e. The van der Waals surface area contributed by atoms with Gasteiger partial charge in [-0.2, -0.15) is 0 Å². The predicted molar refractivity (Wildman–Crippen MR) is 101 cm³/mol. The van der Waals surface area contributed by atoms with Gasteiger partial charge in [-0.25, -0.2) is 4.79 Å². The van der Waals surface area contributed by atoms with E-state index >= 15 is 0 Å². The summed E-state index contributed by atoms with van der Waals surface area (Å²) in [5.74, 6) is 0.945. The number of halogens is 1. The molecular formula is C19H19ClN2O5. The molecule has 0 spiro atoms. The van der Waals surface area contributed by atoms with Gasteiger partial charge in [0.1, 0.15) is 17.6 Å². The number of hydrogen-bond acceptors (Lipinski definition) is 5. The van der Waals surface area contributed by atoms with Crippen molar-refractivity contribution >= 4 is 29.3 Å². The van der Waals surface area contributed by atoms with Gasteiger partial charge in [0.25, 0.3) is 5.91 Å². The molecule has 1 N–H and O–H groups in total. The van der Waals surface area contributed by atoms with Gasteiger partial charge >= 0.3 is 6.09 Å². The fraction of sp³-hybridized carbons (Fsp3) is 0.263. The van der Waals surface area contributed by atoms with E-state index in [4.69, 9.17) is 25.8 Å². The molecule has 3 rings (SSSR count). The van der Waals surface area contributed by atoms with Gasteiger partial charge in [0.2, 0.25) is 0 Å². The van der Waals surface area contributed by atoms with E-state index in [1.165, 1.54) is 12.0 Å². The molecule has 1 heterocycles. The van der Waals surface area contributed by atoms with Crippen LogP contribution in [0.3, 0.4) is 0 Å². The topological polar surface area (TPSA) is 77.1 Å². The van der Waals surface area contributed by atoms with E-state index in [9.17, 15) is 9.59 Å². The Bertz CT molecular complexity index is 840. The average Bonchev–Trinajstić information content (AvgIpc) is 3.06. The van der Waals surface area contributed by atoms with Crippen molar-refractivity contribution in [1.82, 2.24) is 5.32 Å². The molecule has 0 bridgehead atoms. The van der Waals surface area contributed by atoms with Gasteiger partial charge in [-0.3, -0.25) is 9.69 Å². The number of cyclic esters (lactones) is 1. The maximum atomic E-state index is 12.2. The zero-order valence-corrected chi connectivity index (χ0v) is 15.7. The Hall–Kier alpha value is -2.93. The SMILES string of the molecule is COc1ccc(C(=O)NCC2CN(c3ccc(OC)c(Cl)c3)C(=O)O2)cc1. The Morgan fingerprint density at radius 3 is 2.59 bits per heavy atom. The zero-order valence-electron chi connectivity index (χ0n) is 14.9. The van der Waals surface area contributed by atoms with Crippen LogP contribution in [0.15, 0.2) is 42.5 Å². The van der Waals surface area contributed by atoms with E-state index in [2.05, 4.69) is 5.32 Å². The molecule has 1 atom stereocenters. The lowest BCUT2D eigenvalue weighted by Gasteiger charge is -2.14. The molecule has 27 heavy (non-hydrogen) atoms. The third-order valence-corrected chi connectivity index (χ3v) is 4.46. The van der Waals surface area contributed by atoms with Gasteiger partial charge in [-0.05, 0) is 42.5 Å². The summed E-state index contributed by atoms with van der Waals surface area (Å²) in [5, 5.41) is 3.17. The number of nitrogens with one attached hydrogen (secondary N) is 1. The number of carbonyl (C=O) groups is 2. The summed E-state index contributed by atoms with van der Waals surface area (Å²) in [6.07, 6.45) is -0.944. The summed E-state index contributed by atoms with van der Waals surface area (Å²) in [6, 6.07) is 11.8. The molecule has 2 aromatic carbocycles. The maximum absolute atomic E-state index is 12.2. The van der Waals surface area contributed by atoms with Gasteiger partial charge in [0, 0.05) is 11.3 Å². The molecule has 2 amide bonds. The highest BCUT2D eigenvalue weighted by atomic mass is 35.5. The van der Waals surface area contributed by atoms with Crippen molar-refractivity contribution in [3.8, 4) is 11.5 Å². The standard InChI is InChI=1S/C19H19ClN2O5/c1-25-14-6-3-12(4-7-14)18(23)21-10-15-11-22(19(24)27-15)13-5-8-17(26-2)16(20)9-13/h3-9,15H,10-11H2,1-2H3,(H,21,23). The first-order chi connectivity index (χ1) is 13.0. The summed E-state index contributed by atoms with van der Waals surface area (Å²) in [5.41, 5.74) is 1.11. The molecule has 8 heteroatoms. The van der Waals surface area contributed by atoms with E-state index < -0.39 is 12.2 Å². The van der Waals surface area contributed by atoms with Crippen LogP contribution in [0.25, 0.3) is 0 Å². The van der Waals surface area contributed by atoms with Crippen molar-refractivity contribution in [3.05, 3.63) is 53.1 Å². The fourth-order valence-corrected chi connectivity index (χ4v) is 2.96. The van der Waals surface area contributed by atoms with E-state index in [1.807, 2.05) is 0 Å². The predicted octanol–water partition coefficient (Wildman–Crippen LogP) is 3.11. The molecule has 1 aliphatic rings. The molecule has 2 aromatic rings. The van der Waals surface area contributed by atoms with Crippen molar-refractivity contribution < 1.29 is 23.8 Å². The number of rotatable bonds is 6. The minimum Gasteiger partial charge on any atom is -0.497 e. The average molecular weight is 391 g/mol. The zero-order chi connectivity index (χ0) is 19.4. The Morgan fingerprint density at radius 2 is 1.96 bits per heavy atom. The lowest BCUT2D eigenvalue weighted by Crippen LogP contribution is -2.34. The minimum absolute atomic E-state index is 0.205. The van der Waals surface area contributed by atoms with Crippen molar-refractivity contribution in [1.29, 1.82) is 0 Å². The van der Waals surface area contributed by atoms with Crippen LogP contribution in [0.1, 0.15) is 10.4 Å². The molecule has 1 saturated heterocycles. The van der Waals surface area contributed by atoms with Crippen LogP contribution in [-0.2, 0) is 4.74 Å². The second kappa shape index (κ2) is 8.18. The summed E-state index contributed by atoms with van der Waals surface area (Å²) >= 11 is 6.11. The third kappa shape index (κ3) is 4.25. The molecule has 1 unspecified atom stereocenters. The number of ether oxygens (including phenoxy) is 3. The van der Waals surface area contributed by atoms with E-state index in [0.717, 1.165) is 0 Å². The molecule has 0 aromatic heterocycles. The number of methoxy groups -OCH3 is 2. The third-order valence-electron chi connectivity index (χ3n) is 4.16. The van der Waals surface area contributed by atoms with Crippen molar-refractivity contribution in [2.45, 2.75) is 6.10 Å². The van der Waals surface area contributed by atoms with Crippen LogP contribution in [-0.4, -0.2) is 45.4 Å². The molecule has 0 radical (unpaired) electrons. The highest BCUT2D eigenvalue weighted by molar-refractivity contribution is 6.32. The first-order valence-corrected chi connectivity index (χ1v) is 8.63. The molecule has 0 saturated carbocycles. The molecule has 1 aliphatic heterocycles. The van der Waals surface area contributed by atoms with Crippen LogP contribution in [0.5, 0.6) is 11.5 Å². The second-order valence-corrected chi connectivity index (χ2v) is 6.28. The minimum atomic E-state index is -0.486. The second-order valence-electron chi connectivity index (χ2n) is 5.87. The normalized spacial score (nSPS) is 16.0. The van der Waals surface area contributed by atoms with Gasteiger partial charge < -0.3 is 19.5 Å². The molecule has 7 nitrogen and oxygen atoms in total. The van der Waals surface area contributed by atoms with Crippen LogP contribution in [0, 0.1) is 0 Å². The lowest BCUT2D eigenvalue weighted by molar-refractivity contribution is 0.0916. The molecule has 142 valence electrons. The monoisotopic (exact) mass is 390 g/mol. The van der Waals surface area contributed by atoms with Gasteiger partial charge in [0.05, 0.1) is 32.3 Å². The number of anilines is 1. The number of carbonyl (C=O) groups excluding carboxylic acids is 2. The van der Waals surface area contributed by atoms with E-state index in [0.29, 0.717) is 34.3 Å². The largest absolute Gasteiger partial charge is 0.497 e. The van der Waals surface area contributed by atoms with Crippen LogP contribution >= 0.6 is 11.6 Å². The van der Waals surface area contributed by atoms with E-state index in [-0.39, 0.29) is 12.5 Å². The van der Waals surface area contributed by atoms with Crippen molar-refractivity contribution in [2.24, 2.45) is 0 Å².